The van der Waals surface area contributed by atoms with E-state index >= 15 is 0 Å². The number of rotatable bonds is 2. The van der Waals surface area contributed by atoms with Crippen LogP contribution in [0.3, 0.4) is 0 Å². The van der Waals surface area contributed by atoms with Gasteiger partial charge >= 0.3 is 0 Å². The number of amides is 1. The summed E-state index contributed by atoms with van der Waals surface area (Å²) >= 11 is -1.06. The van der Waals surface area contributed by atoms with Crippen LogP contribution in [0, 0.1) is 0 Å². The van der Waals surface area contributed by atoms with Crippen molar-refractivity contribution in [3.8, 4) is 0 Å². The standard InChI is InChI=1S/C5H5NO3S2/c7-5(6-11(8)9)4-2-1-3-10-4/h1-3H,(H,6,7)(H,8,9). The molecule has 11 heavy (non-hydrogen) atoms. The second-order valence-corrected chi connectivity index (χ2v) is 3.31. The molecule has 0 saturated carbocycles. The van der Waals surface area contributed by atoms with Gasteiger partial charge in [0.15, 0.2) is 0 Å². The fourth-order valence-electron chi connectivity index (χ4n) is 0.537. The Labute approximate surface area is 69.7 Å². The van der Waals surface area contributed by atoms with E-state index in [1.54, 1.807) is 17.5 Å². The van der Waals surface area contributed by atoms with E-state index in [4.69, 9.17) is 4.55 Å². The molecule has 1 rings (SSSR count). The van der Waals surface area contributed by atoms with Crippen molar-refractivity contribution in [1.82, 2.24) is 4.72 Å². The number of hydrogen-bond acceptors (Lipinski definition) is 3. The number of carbonyl (C=O) groups is 1. The van der Waals surface area contributed by atoms with Crippen molar-refractivity contribution in [1.29, 1.82) is 0 Å². The molecule has 4 nitrogen and oxygen atoms in total. The van der Waals surface area contributed by atoms with Crippen LogP contribution in [0.4, 0.5) is 0 Å². The van der Waals surface area contributed by atoms with E-state index in [-0.39, 0.29) is 0 Å². The number of carbonyl (C=O) groups excluding carboxylic acids is 1. The molecule has 0 aliphatic heterocycles. The molecule has 60 valence electrons. The minimum atomic E-state index is -2.27. The molecule has 1 heterocycles. The fraction of sp³-hybridized carbons (Fsp3) is 0. The van der Waals surface area contributed by atoms with Crippen molar-refractivity contribution in [2.75, 3.05) is 0 Å². The van der Waals surface area contributed by atoms with Crippen LogP contribution >= 0.6 is 11.3 Å². The first kappa shape index (κ1) is 8.38. The average molecular weight is 191 g/mol. The predicted octanol–water partition coefficient (Wildman–Crippen LogP) is 0.615. The Hall–Kier alpha value is -0.720. The van der Waals surface area contributed by atoms with E-state index in [2.05, 4.69) is 0 Å². The van der Waals surface area contributed by atoms with Crippen LogP contribution in [-0.4, -0.2) is 14.7 Å². The van der Waals surface area contributed by atoms with Crippen LogP contribution in [0.1, 0.15) is 9.67 Å². The highest BCUT2D eigenvalue weighted by atomic mass is 32.2. The summed E-state index contributed by atoms with van der Waals surface area (Å²) in [5.74, 6) is -0.527. The molecule has 1 unspecified atom stereocenters. The number of thiophene rings is 1. The van der Waals surface area contributed by atoms with Crippen molar-refractivity contribution < 1.29 is 13.6 Å². The molecule has 1 amide bonds. The van der Waals surface area contributed by atoms with Gasteiger partial charge < -0.3 is 0 Å². The number of hydrogen-bond donors (Lipinski definition) is 2. The van der Waals surface area contributed by atoms with Crippen molar-refractivity contribution in [2.24, 2.45) is 0 Å². The van der Waals surface area contributed by atoms with Crippen LogP contribution in [0.5, 0.6) is 0 Å². The summed E-state index contributed by atoms with van der Waals surface area (Å²) in [6.07, 6.45) is 0. The van der Waals surface area contributed by atoms with Crippen LogP contribution in [0.15, 0.2) is 17.5 Å². The molecule has 1 aromatic rings. The molecule has 0 spiro atoms. The molecule has 0 fully saturated rings. The van der Waals surface area contributed by atoms with Crippen molar-refractivity contribution in [3.05, 3.63) is 22.4 Å². The highest BCUT2D eigenvalue weighted by Gasteiger charge is 2.06. The van der Waals surface area contributed by atoms with E-state index in [0.717, 1.165) is 0 Å². The van der Waals surface area contributed by atoms with E-state index in [1.807, 2.05) is 4.72 Å². The minimum Gasteiger partial charge on any atom is -0.289 e. The van der Waals surface area contributed by atoms with Gasteiger partial charge in [0.2, 0.25) is 0 Å². The predicted molar refractivity (Wildman–Crippen MR) is 42.6 cm³/mol. The third kappa shape index (κ3) is 2.41. The second-order valence-electron chi connectivity index (χ2n) is 1.66. The normalized spacial score (nSPS) is 12.5. The molecule has 0 bridgehead atoms. The lowest BCUT2D eigenvalue weighted by atomic mass is 10.5. The Morgan fingerprint density at radius 1 is 1.73 bits per heavy atom. The van der Waals surface area contributed by atoms with Gasteiger partial charge in [-0.25, -0.2) is 8.93 Å². The van der Waals surface area contributed by atoms with E-state index < -0.39 is 17.2 Å². The van der Waals surface area contributed by atoms with Gasteiger partial charge in [-0.2, -0.15) is 0 Å². The van der Waals surface area contributed by atoms with E-state index in [9.17, 15) is 9.00 Å². The zero-order valence-electron chi connectivity index (χ0n) is 5.31. The summed E-state index contributed by atoms with van der Waals surface area (Å²) in [4.78, 5) is 11.3. The molecule has 2 N–H and O–H groups in total. The lowest BCUT2D eigenvalue weighted by molar-refractivity contribution is 0.0985. The second kappa shape index (κ2) is 3.61. The Morgan fingerprint density at radius 3 is 2.91 bits per heavy atom. The van der Waals surface area contributed by atoms with E-state index in [0.29, 0.717) is 4.88 Å². The van der Waals surface area contributed by atoms with Crippen LogP contribution < -0.4 is 4.72 Å². The third-order valence-corrected chi connectivity index (χ3v) is 2.15. The molecule has 6 heteroatoms. The SMILES string of the molecule is O=C(NS(=O)O)c1cccs1. The van der Waals surface area contributed by atoms with E-state index in [1.165, 1.54) is 11.3 Å². The molecule has 0 aliphatic rings. The Morgan fingerprint density at radius 2 is 2.45 bits per heavy atom. The summed E-state index contributed by atoms with van der Waals surface area (Å²) in [5, 5.41) is 1.72. The molecule has 0 aromatic carbocycles. The Kier molecular flexibility index (Phi) is 2.75. The third-order valence-electron chi connectivity index (χ3n) is 0.925. The Balaban J connectivity index is 2.64. The largest absolute Gasteiger partial charge is 0.289 e. The lowest BCUT2D eigenvalue weighted by Crippen LogP contribution is -2.23. The molecule has 0 aliphatic carbocycles. The summed E-state index contributed by atoms with van der Waals surface area (Å²) in [5.41, 5.74) is 0. The van der Waals surface area contributed by atoms with Crippen molar-refractivity contribution in [3.63, 3.8) is 0 Å². The number of nitrogens with one attached hydrogen (secondary N) is 1. The topological polar surface area (TPSA) is 66.4 Å². The first-order valence-corrected chi connectivity index (χ1v) is 4.64. The first-order chi connectivity index (χ1) is 5.20. The maximum atomic E-state index is 10.9. The quantitative estimate of drug-likeness (QED) is 0.673. The maximum Gasteiger partial charge on any atom is 0.274 e. The van der Waals surface area contributed by atoms with Crippen molar-refractivity contribution >= 4 is 28.5 Å². The highest BCUT2D eigenvalue weighted by molar-refractivity contribution is 7.77. The molecular weight excluding hydrogens is 186 g/mol. The summed E-state index contributed by atoms with van der Waals surface area (Å²) in [6, 6.07) is 3.27. The van der Waals surface area contributed by atoms with Gasteiger partial charge in [0.05, 0.1) is 4.88 Å². The maximum absolute atomic E-state index is 10.9. The van der Waals surface area contributed by atoms with Crippen LogP contribution in [0.25, 0.3) is 0 Å². The lowest BCUT2D eigenvalue weighted by Gasteiger charge is -1.94. The fourth-order valence-corrected chi connectivity index (χ4v) is 1.49. The molecule has 1 aromatic heterocycles. The summed E-state index contributed by atoms with van der Waals surface area (Å²) in [6.45, 7) is 0. The van der Waals surface area contributed by atoms with Crippen LogP contribution in [0.2, 0.25) is 0 Å². The van der Waals surface area contributed by atoms with Gasteiger partial charge in [-0.15, -0.1) is 11.3 Å². The van der Waals surface area contributed by atoms with Crippen molar-refractivity contribution in [2.45, 2.75) is 0 Å². The van der Waals surface area contributed by atoms with Gasteiger partial charge in [0, 0.05) is 0 Å². The highest BCUT2D eigenvalue weighted by Crippen LogP contribution is 2.07. The summed E-state index contributed by atoms with van der Waals surface area (Å²) in [7, 11) is 0. The zero-order chi connectivity index (χ0) is 8.27. The monoisotopic (exact) mass is 191 g/mol. The van der Waals surface area contributed by atoms with Crippen LogP contribution in [-0.2, 0) is 11.3 Å². The Bertz CT molecular complexity index is 269. The minimum absolute atomic E-state index is 0.424. The van der Waals surface area contributed by atoms with Gasteiger partial charge in [-0.3, -0.25) is 9.35 Å². The van der Waals surface area contributed by atoms with Gasteiger partial charge in [-0.05, 0) is 11.4 Å². The summed E-state index contributed by atoms with van der Waals surface area (Å²) < 4.78 is 20.2. The van der Waals surface area contributed by atoms with Gasteiger partial charge in [-0.1, -0.05) is 6.07 Å². The molecule has 0 radical (unpaired) electrons. The first-order valence-electron chi connectivity index (χ1n) is 2.65. The van der Waals surface area contributed by atoms with Gasteiger partial charge in [0.25, 0.3) is 17.2 Å². The smallest absolute Gasteiger partial charge is 0.274 e. The molecule has 1 atom stereocenters. The van der Waals surface area contributed by atoms with Gasteiger partial charge in [0.1, 0.15) is 0 Å². The zero-order valence-corrected chi connectivity index (χ0v) is 6.95. The molecule has 0 saturated heterocycles. The molecular formula is C5H5NO3S2. The average Bonchev–Trinajstić information content (AvgIpc) is 2.35.